The van der Waals surface area contributed by atoms with Crippen molar-refractivity contribution in [2.45, 2.75) is 38.6 Å². The van der Waals surface area contributed by atoms with E-state index in [0.717, 1.165) is 52.0 Å². The van der Waals surface area contributed by atoms with E-state index in [1.54, 1.807) is 0 Å². The summed E-state index contributed by atoms with van der Waals surface area (Å²) in [5, 5.41) is 0. The van der Waals surface area contributed by atoms with Crippen LogP contribution in [0.2, 0.25) is 0 Å². The predicted molar refractivity (Wildman–Crippen MR) is 83.1 cm³/mol. The quantitative estimate of drug-likeness (QED) is 0.837. The molecule has 0 radical (unpaired) electrons. The molecule has 2 N–H and O–H groups in total. The van der Waals surface area contributed by atoms with Crippen LogP contribution in [0, 0.1) is 5.92 Å². The minimum Gasteiger partial charge on any atom is -0.341 e. The SMILES string of the molecule is CCN(CC)CC1CCN(C(=O)C2(N)CC2)C1.Cl.Cl. The summed E-state index contributed by atoms with van der Waals surface area (Å²) in [5.41, 5.74) is 5.49. The van der Waals surface area contributed by atoms with E-state index in [4.69, 9.17) is 5.73 Å². The van der Waals surface area contributed by atoms with Crippen LogP contribution in [0.4, 0.5) is 0 Å². The molecule has 0 spiro atoms. The number of amides is 1. The zero-order valence-corrected chi connectivity index (χ0v) is 13.6. The molecule has 0 aromatic heterocycles. The largest absolute Gasteiger partial charge is 0.341 e. The summed E-state index contributed by atoms with van der Waals surface area (Å²) in [6, 6.07) is 0. The monoisotopic (exact) mass is 311 g/mol. The van der Waals surface area contributed by atoms with Gasteiger partial charge in [-0.1, -0.05) is 13.8 Å². The van der Waals surface area contributed by atoms with Gasteiger partial charge in [0.2, 0.25) is 5.91 Å². The molecule has 6 heteroatoms. The number of nitrogens with zero attached hydrogens (tertiary/aromatic N) is 2. The molecule has 1 atom stereocenters. The minimum absolute atomic E-state index is 0. The molecule has 1 aliphatic carbocycles. The molecule has 0 aromatic carbocycles. The zero-order valence-electron chi connectivity index (χ0n) is 11.9. The summed E-state index contributed by atoms with van der Waals surface area (Å²) in [6.45, 7) is 9.52. The second-order valence-electron chi connectivity index (χ2n) is 5.55. The molecule has 2 aliphatic rings. The number of hydrogen-bond donors (Lipinski definition) is 1. The zero-order chi connectivity index (χ0) is 12.5. The van der Waals surface area contributed by atoms with Gasteiger partial charge in [0.1, 0.15) is 0 Å². The first kappa shape index (κ1) is 19.0. The average Bonchev–Trinajstić information content (AvgIpc) is 2.93. The van der Waals surface area contributed by atoms with Gasteiger partial charge in [-0.05, 0) is 38.3 Å². The van der Waals surface area contributed by atoms with Crippen LogP contribution in [0.15, 0.2) is 0 Å². The Hall–Kier alpha value is -0.0300. The molecule has 114 valence electrons. The number of nitrogens with two attached hydrogens (primary N) is 1. The van der Waals surface area contributed by atoms with Gasteiger partial charge >= 0.3 is 0 Å². The van der Waals surface area contributed by atoms with Crippen molar-refractivity contribution in [3.63, 3.8) is 0 Å². The highest BCUT2D eigenvalue weighted by molar-refractivity contribution is 5.89. The third-order valence-corrected chi connectivity index (χ3v) is 4.20. The molecular weight excluding hydrogens is 285 g/mol. The van der Waals surface area contributed by atoms with Crippen LogP contribution < -0.4 is 5.73 Å². The van der Waals surface area contributed by atoms with Crippen LogP contribution in [-0.4, -0.2) is 54.0 Å². The van der Waals surface area contributed by atoms with Crippen molar-refractivity contribution in [1.29, 1.82) is 0 Å². The van der Waals surface area contributed by atoms with E-state index in [1.807, 2.05) is 4.90 Å². The van der Waals surface area contributed by atoms with Crippen LogP contribution in [0.1, 0.15) is 33.1 Å². The van der Waals surface area contributed by atoms with Crippen LogP contribution in [0.3, 0.4) is 0 Å². The van der Waals surface area contributed by atoms with Gasteiger partial charge in [0.25, 0.3) is 0 Å². The molecule has 2 fully saturated rings. The third kappa shape index (κ3) is 4.48. The summed E-state index contributed by atoms with van der Waals surface area (Å²) < 4.78 is 0. The molecule has 1 amide bonds. The third-order valence-electron chi connectivity index (χ3n) is 4.20. The standard InChI is InChI=1S/C13H25N3O.2ClH/c1-3-15(4-2)9-11-5-8-16(10-11)12(17)13(14)6-7-13;;/h11H,3-10,14H2,1-2H3;2*1H. The van der Waals surface area contributed by atoms with Gasteiger partial charge in [0.05, 0.1) is 5.54 Å². The Bertz CT molecular complexity index is 294. The molecular formula is C13H27Cl2N3O. The first-order valence-electron chi connectivity index (χ1n) is 6.89. The van der Waals surface area contributed by atoms with Crippen molar-refractivity contribution in [3.8, 4) is 0 Å². The summed E-state index contributed by atoms with van der Waals surface area (Å²) in [4.78, 5) is 16.5. The fourth-order valence-electron chi connectivity index (χ4n) is 2.68. The highest BCUT2D eigenvalue weighted by atomic mass is 35.5. The topological polar surface area (TPSA) is 49.6 Å². The maximum atomic E-state index is 12.1. The Morgan fingerprint density at radius 3 is 2.37 bits per heavy atom. The molecule has 0 aromatic rings. The molecule has 1 saturated heterocycles. The van der Waals surface area contributed by atoms with Gasteiger partial charge in [0.15, 0.2) is 0 Å². The number of halogens is 2. The van der Waals surface area contributed by atoms with Crippen LogP contribution >= 0.6 is 24.8 Å². The van der Waals surface area contributed by atoms with E-state index in [9.17, 15) is 4.79 Å². The van der Waals surface area contributed by atoms with Gasteiger partial charge in [-0.15, -0.1) is 24.8 Å². The lowest BCUT2D eigenvalue weighted by Crippen LogP contribution is -2.45. The Morgan fingerprint density at radius 1 is 1.32 bits per heavy atom. The Labute approximate surface area is 128 Å². The Morgan fingerprint density at radius 2 is 1.89 bits per heavy atom. The van der Waals surface area contributed by atoms with Crippen molar-refractivity contribution < 1.29 is 4.79 Å². The van der Waals surface area contributed by atoms with Crippen molar-refractivity contribution >= 4 is 30.7 Å². The fourth-order valence-corrected chi connectivity index (χ4v) is 2.68. The second-order valence-corrected chi connectivity index (χ2v) is 5.55. The van der Waals surface area contributed by atoms with Crippen molar-refractivity contribution in [3.05, 3.63) is 0 Å². The predicted octanol–water partition coefficient (Wildman–Crippen LogP) is 1.51. The summed E-state index contributed by atoms with van der Waals surface area (Å²) >= 11 is 0. The van der Waals surface area contributed by atoms with E-state index in [2.05, 4.69) is 18.7 Å². The van der Waals surface area contributed by atoms with Gasteiger partial charge in [-0.3, -0.25) is 4.79 Å². The van der Waals surface area contributed by atoms with Gasteiger partial charge in [-0.2, -0.15) is 0 Å². The van der Waals surface area contributed by atoms with Crippen molar-refractivity contribution in [2.24, 2.45) is 11.7 Å². The first-order valence-corrected chi connectivity index (χ1v) is 6.89. The summed E-state index contributed by atoms with van der Waals surface area (Å²) in [7, 11) is 0. The lowest BCUT2D eigenvalue weighted by atomic mass is 10.1. The Kier molecular flexibility index (Phi) is 7.66. The lowest BCUT2D eigenvalue weighted by Gasteiger charge is -2.23. The number of hydrogen-bond acceptors (Lipinski definition) is 3. The van der Waals surface area contributed by atoms with Gasteiger partial charge in [-0.25, -0.2) is 0 Å². The van der Waals surface area contributed by atoms with Crippen molar-refractivity contribution in [2.75, 3.05) is 32.7 Å². The second kappa shape index (κ2) is 7.67. The average molecular weight is 312 g/mol. The number of carbonyl (C=O) groups excluding carboxylic acids is 1. The van der Waals surface area contributed by atoms with Crippen LogP contribution in [0.5, 0.6) is 0 Å². The Balaban J connectivity index is 0.00000162. The molecule has 4 nitrogen and oxygen atoms in total. The maximum Gasteiger partial charge on any atom is 0.242 e. The normalized spacial score (nSPS) is 23.8. The van der Waals surface area contributed by atoms with E-state index in [-0.39, 0.29) is 30.7 Å². The van der Waals surface area contributed by atoms with Crippen molar-refractivity contribution in [1.82, 2.24) is 9.80 Å². The molecule has 0 bridgehead atoms. The number of likely N-dealkylation sites (tertiary alicyclic amines) is 1. The molecule has 2 rings (SSSR count). The molecule has 19 heavy (non-hydrogen) atoms. The molecule has 1 aliphatic heterocycles. The molecule has 1 saturated carbocycles. The fraction of sp³-hybridized carbons (Fsp3) is 0.923. The van der Waals surface area contributed by atoms with Gasteiger partial charge < -0.3 is 15.5 Å². The maximum absolute atomic E-state index is 12.1. The van der Waals surface area contributed by atoms with E-state index >= 15 is 0 Å². The molecule has 1 heterocycles. The summed E-state index contributed by atoms with van der Waals surface area (Å²) in [6.07, 6.45) is 2.89. The number of carbonyl (C=O) groups is 1. The van der Waals surface area contributed by atoms with E-state index < -0.39 is 5.54 Å². The first-order chi connectivity index (χ1) is 8.09. The van der Waals surface area contributed by atoms with Crippen LogP contribution in [0.25, 0.3) is 0 Å². The highest BCUT2D eigenvalue weighted by Crippen LogP contribution is 2.35. The minimum atomic E-state index is -0.482. The smallest absolute Gasteiger partial charge is 0.242 e. The lowest BCUT2D eigenvalue weighted by molar-refractivity contribution is -0.132. The summed E-state index contributed by atoms with van der Waals surface area (Å²) in [5.74, 6) is 0.834. The van der Waals surface area contributed by atoms with Crippen LogP contribution in [-0.2, 0) is 4.79 Å². The highest BCUT2D eigenvalue weighted by Gasteiger charge is 2.49. The number of rotatable bonds is 5. The van der Waals surface area contributed by atoms with Gasteiger partial charge in [0, 0.05) is 19.6 Å². The van der Waals surface area contributed by atoms with E-state index in [1.165, 1.54) is 0 Å². The van der Waals surface area contributed by atoms with E-state index in [0.29, 0.717) is 5.92 Å². The molecule has 1 unspecified atom stereocenters.